The number of aromatic nitrogens is 2. The summed E-state index contributed by atoms with van der Waals surface area (Å²) in [5, 5.41) is 7.52. The molecule has 0 aliphatic rings. The van der Waals surface area contributed by atoms with Crippen LogP contribution in [-0.4, -0.2) is 36.5 Å². The van der Waals surface area contributed by atoms with Gasteiger partial charge < -0.3 is 5.32 Å². The van der Waals surface area contributed by atoms with Gasteiger partial charge in [0.05, 0.1) is 16.7 Å². The van der Waals surface area contributed by atoms with Crippen LogP contribution in [-0.2, 0) is 9.84 Å². The van der Waals surface area contributed by atoms with Gasteiger partial charge in [-0.1, -0.05) is 0 Å². The van der Waals surface area contributed by atoms with Crippen molar-refractivity contribution in [3.8, 4) is 0 Å². The summed E-state index contributed by atoms with van der Waals surface area (Å²) in [5.41, 5.74) is 0. The van der Waals surface area contributed by atoms with Crippen LogP contribution in [0, 0.1) is 5.82 Å². The van der Waals surface area contributed by atoms with Gasteiger partial charge >= 0.3 is 0 Å². The van der Waals surface area contributed by atoms with Crippen molar-refractivity contribution in [2.24, 2.45) is 0 Å². The maximum absolute atomic E-state index is 12.9. The summed E-state index contributed by atoms with van der Waals surface area (Å²) in [6.45, 7) is 4.69. The third-order valence-electron chi connectivity index (χ3n) is 3.89. The molecule has 0 saturated heterocycles. The predicted octanol–water partition coefficient (Wildman–Crippen LogP) is 2.43. The van der Waals surface area contributed by atoms with Crippen molar-refractivity contribution in [3.05, 3.63) is 48.5 Å². The summed E-state index contributed by atoms with van der Waals surface area (Å²) in [7, 11) is -3.36. The molecule has 7 heteroatoms. The molecule has 126 valence electrons. The van der Waals surface area contributed by atoms with Gasteiger partial charge in [-0.2, -0.15) is 5.10 Å². The fourth-order valence-corrected chi connectivity index (χ4v) is 3.58. The standard InChI is InChI=1S/C16H22FN3O2S/c1-13(14(2)20-11-3-10-19-20)18-9-4-12-23(21,22)16-7-5-15(17)6-8-16/h3,5-8,10-11,13-14,18H,4,9,12H2,1-2H3/t13-,14-/m1/s1. The van der Waals surface area contributed by atoms with Crippen LogP contribution in [0.25, 0.3) is 0 Å². The van der Waals surface area contributed by atoms with E-state index in [1.54, 1.807) is 6.20 Å². The molecule has 0 aliphatic heterocycles. The quantitative estimate of drug-likeness (QED) is 0.593. The Kier molecular flexibility index (Phi) is 5.90. The van der Waals surface area contributed by atoms with E-state index < -0.39 is 15.7 Å². The zero-order valence-corrected chi connectivity index (χ0v) is 14.1. The van der Waals surface area contributed by atoms with E-state index in [9.17, 15) is 12.8 Å². The molecule has 0 spiro atoms. The monoisotopic (exact) mass is 339 g/mol. The highest BCUT2D eigenvalue weighted by Crippen LogP contribution is 2.13. The Labute approximate surface area is 136 Å². The number of sulfone groups is 1. The third-order valence-corrected chi connectivity index (χ3v) is 5.71. The molecule has 0 amide bonds. The summed E-state index contributed by atoms with van der Waals surface area (Å²) >= 11 is 0. The van der Waals surface area contributed by atoms with E-state index in [1.807, 2.05) is 23.9 Å². The van der Waals surface area contributed by atoms with Gasteiger partial charge in [-0.25, -0.2) is 12.8 Å². The highest BCUT2D eigenvalue weighted by atomic mass is 32.2. The van der Waals surface area contributed by atoms with Gasteiger partial charge in [-0.3, -0.25) is 4.68 Å². The summed E-state index contributed by atoms with van der Waals surface area (Å²) in [6, 6.07) is 7.17. The number of hydrogen-bond acceptors (Lipinski definition) is 4. The van der Waals surface area contributed by atoms with Crippen molar-refractivity contribution in [1.29, 1.82) is 0 Å². The first kappa shape index (κ1) is 17.6. The van der Waals surface area contributed by atoms with Crippen LogP contribution in [0.4, 0.5) is 4.39 Å². The normalized spacial score (nSPS) is 14.6. The number of nitrogens with one attached hydrogen (secondary N) is 1. The highest BCUT2D eigenvalue weighted by Gasteiger charge is 2.16. The second kappa shape index (κ2) is 7.70. The average molecular weight is 339 g/mol. The van der Waals surface area contributed by atoms with Crippen LogP contribution in [0.1, 0.15) is 26.3 Å². The van der Waals surface area contributed by atoms with Crippen LogP contribution in [0.3, 0.4) is 0 Å². The maximum atomic E-state index is 12.9. The molecule has 1 aromatic carbocycles. The van der Waals surface area contributed by atoms with Gasteiger partial charge in [-0.15, -0.1) is 0 Å². The predicted molar refractivity (Wildman–Crippen MR) is 87.5 cm³/mol. The molecule has 0 aliphatic carbocycles. The van der Waals surface area contributed by atoms with Crippen molar-refractivity contribution in [2.45, 2.75) is 37.2 Å². The molecule has 1 heterocycles. The SMILES string of the molecule is C[C@H]([C@@H](C)NCCCS(=O)(=O)c1ccc(F)cc1)n1cccn1. The van der Waals surface area contributed by atoms with E-state index in [0.29, 0.717) is 13.0 Å². The van der Waals surface area contributed by atoms with E-state index in [1.165, 1.54) is 24.3 Å². The molecule has 0 bridgehead atoms. The Morgan fingerprint density at radius 2 is 1.96 bits per heavy atom. The smallest absolute Gasteiger partial charge is 0.178 e. The summed E-state index contributed by atoms with van der Waals surface area (Å²) in [6.07, 6.45) is 4.14. The molecule has 0 unspecified atom stereocenters. The van der Waals surface area contributed by atoms with E-state index in [0.717, 1.165) is 0 Å². The first-order valence-electron chi connectivity index (χ1n) is 7.61. The molecule has 1 aromatic heterocycles. The Hall–Kier alpha value is -1.73. The summed E-state index contributed by atoms with van der Waals surface area (Å²) in [5.74, 6) is -0.402. The van der Waals surface area contributed by atoms with Crippen molar-refractivity contribution in [2.75, 3.05) is 12.3 Å². The first-order valence-corrected chi connectivity index (χ1v) is 9.26. The Bertz CT molecular complexity index is 699. The molecule has 2 rings (SSSR count). The van der Waals surface area contributed by atoms with Gasteiger partial charge in [0, 0.05) is 18.4 Å². The average Bonchev–Trinajstić information content (AvgIpc) is 3.05. The van der Waals surface area contributed by atoms with Gasteiger partial charge in [-0.05, 0) is 57.1 Å². The van der Waals surface area contributed by atoms with E-state index in [4.69, 9.17) is 0 Å². The molecule has 2 aromatic rings. The summed E-state index contributed by atoms with van der Waals surface area (Å²) in [4.78, 5) is 0.164. The number of halogens is 1. The van der Waals surface area contributed by atoms with Crippen molar-refractivity contribution >= 4 is 9.84 Å². The lowest BCUT2D eigenvalue weighted by Gasteiger charge is -2.21. The Balaban J connectivity index is 1.79. The number of benzene rings is 1. The molecule has 0 saturated carbocycles. The minimum Gasteiger partial charge on any atom is -0.312 e. The lowest BCUT2D eigenvalue weighted by Crippen LogP contribution is -2.35. The van der Waals surface area contributed by atoms with Crippen LogP contribution >= 0.6 is 0 Å². The zero-order valence-electron chi connectivity index (χ0n) is 13.3. The van der Waals surface area contributed by atoms with Crippen LogP contribution in [0.15, 0.2) is 47.6 Å². The van der Waals surface area contributed by atoms with E-state index in [-0.39, 0.29) is 22.7 Å². The second-order valence-electron chi connectivity index (χ2n) is 5.60. The molecule has 2 atom stereocenters. The molecule has 0 fully saturated rings. The van der Waals surface area contributed by atoms with Crippen molar-refractivity contribution in [1.82, 2.24) is 15.1 Å². The fraction of sp³-hybridized carbons (Fsp3) is 0.438. The molecule has 5 nitrogen and oxygen atoms in total. The van der Waals surface area contributed by atoms with E-state index in [2.05, 4.69) is 17.3 Å². The number of hydrogen-bond donors (Lipinski definition) is 1. The third kappa shape index (κ3) is 4.87. The van der Waals surface area contributed by atoms with Crippen molar-refractivity contribution < 1.29 is 12.8 Å². The minimum absolute atomic E-state index is 0.0362. The summed E-state index contributed by atoms with van der Waals surface area (Å²) < 4.78 is 39.0. The van der Waals surface area contributed by atoms with Crippen LogP contribution in [0.5, 0.6) is 0 Å². The largest absolute Gasteiger partial charge is 0.312 e. The van der Waals surface area contributed by atoms with Crippen LogP contribution < -0.4 is 5.32 Å². The first-order chi connectivity index (χ1) is 10.9. The van der Waals surface area contributed by atoms with Crippen LogP contribution in [0.2, 0.25) is 0 Å². The minimum atomic E-state index is -3.36. The zero-order chi connectivity index (χ0) is 16.9. The number of nitrogens with zero attached hydrogens (tertiary/aromatic N) is 2. The lowest BCUT2D eigenvalue weighted by molar-refractivity contribution is 0.367. The van der Waals surface area contributed by atoms with Gasteiger partial charge in [0.15, 0.2) is 9.84 Å². The number of rotatable bonds is 8. The Morgan fingerprint density at radius 1 is 1.26 bits per heavy atom. The lowest BCUT2D eigenvalue weighted by atomic mass is 10.2. The molecular formula is C16H22FN3O2S. The Morgan fingerprint density at radius 3 is 2.57 bits per heavy atom. The highest BCUT2D eigenvalue weighted by molar-refractivity contribution is 7.91. The topological polar surface area (TPSA) is 64.0 Å². The van der Waals surface area contributed by atoms with Gasteiger partial charge in [0.25, 0.3) is 0 Å². The van der Waals surface area contributed by atoms with E-state index >= 15 is 0 Å². The molecule has 0 radical (unpaired) electrons. The fourth-order valence-electron chi connectivity index (χ4n) is 2.27. The molecule has 1 N–H and O–H groups in total. The van der Waals surface area contributed by atoms with Gasteiger partial charge in [0.2, 0.25) is 0 Å². The second-order valence-corrected chi connectivity index (χ2v) is 7.70. The van der Waals surface area contributed by atoms with Gasteiger partial charge in [0.1, 0.15) is 5.82 Å². The molecule has 23 heavy (non-hydrogen) atoms. The maximum Gasteiger partial charge on any atom is 0.178 e. The molecular weight excluding hydrogens is 317 g/mol. The van der Waals surface area contributed by atoms with Crippen molar-refractivity contribution in [3.63, 3.8) is 0 Å².